The Balaban J connectivity index is 2.21. The van der Waals surface area contributed by atoms with Crippen LogP contribution in [0, 0.1) is 0 Å². The minimum atomic E-state index is -0.497. The van der Waals surface area contributed by atoms with Gasteiger partial charge in [0.1, 0.15) is 11.9 Å². The maximum atomic E-state index is 9.62. The summed E-state index contributed by atoms with van der Waals surface area (Å²) in [5.41, 5.74) is 0. The molecule has 1 unspecified atom stereocenters. The van der Waals surface area contributed by atoms with Crippen LogP contribution in [0.15, 0.2) is 35.0 Å². The number of hydrogen-bond donors (Lipinski definition) is 1. The number of rotatable bonds is 6. The van der Waals surface area contributed by atoms with Crippen LogP contribution in [0.1, 0.15) is 44.5 Å². The summed E-state index contributed by atoms with van der Waals surface area (Å²) in [7, 11) is 0. The van der Waals surface area contributed by atoms with Gasteiger partial charge in [-0.1, -0.05) is 31.9 Å². The van der Waals surface area contributed by atoms with E-state index in [1.54, 1.807) is 18.4 Å². The molecule has 0 fully saturated rings. The summed E-state index contributed by atoms with van der Waals surface area (Å²) in [4.78, 5) is 0. The maximum Gasteiger partial charge on any atom is 0.132 e. The molecule has 0 saturated heterocycles. The lowest BCUT2D eigenvalue weighted by atomic mass is 10.1. The molecule has 0 aliphatic carbocycles. The molecule has 0 aliphatic heterocycles. The lowest BCUT2D eigenvalue weighted by molar-refractivity contribution is 0.153. The van der Waals surface area contributed by atoms with Gasteiger partial charge in [0.15, 0.2) is 0 Å². The molecular weight excluding hydrogens is 176 g/mol. The zero-order valence-electron chi connectivity index (χ0n) is 8.65. The molecule has 0 radical (unpaired) electrons. The van der Waals surface area contributed by atoms with E-state index in [4.69, 9.17) is 4.42 Å². The largest absolute Gasteiger partial charge is 0.467 e. The van der Waals surface area contributed by atoms with Gasteiger partial charge in [0, 0.05) is 0 Å². The van der Waals surface area contributed by atoms with Crippen molar-refractivity contribution in [2.24, 2.45) is 0 Å². The van der Waals surface area contributed by atoms with E-state index in [0.717, 1.165) is 6.42 Å². The molecule has 0 bridgehead atoms. The van der Waals surface area contributed by atoms with Crippen molar-refractivity contribution in [3.8, 4) is 0 Å². The van der Waals surface area contributed by atoms with E-state index in [1.165, 1.54) is 12.8 Å². The number of allylic oxidation sites excluding steroid dienone is 1. The molecule has 2 heteroatoms. The van der Waals surface area contributed by atoms with Crippen LogP contribution in [0.4, 0.5) is 0 Å². The zero-order valence-corrected chi connectivity index (χ0v) is 8.65. The summed E-state index contributed by atoms with van der Waals surface area (Å²) in [6.07, 6.45) is 9.39. The Labute approximate surface area is 85.2 Å². The van der Waals surface area contributed by atoms with Gasteiger partial charge in [0.05, 0.1) is 6.26 Å². The van der Waals surface area contributed by atoms with Gasteiger partial charge in [-0.15, -0.1) is 0 Å². The quantitative estimate of drug-likeness (QED) is 0.555. The van der Waals surface area contributed by atoms with Crippen molar-refractivity contribution in [2.45, 2.75) is 38.7 Å². The van der Waals surface area contributed by atoms with E-state index < -0.39 is 6.10 Å². The Hall–Kier alpha value is -1.02. The minimum Gasteiger partial charge on any atom is -0.467 e. The van der Waals surface area contributed by atoms with E-state index in [0.29, 0.717) is 12.2 Å². The van der Waals surface area contributed by atoms with Crippen LogP contribution in [0.3, 0.4) is 0 Å². The summed E-state index contributed by atoms with van der Waals surface area (Å²) >= 11 is 0. The number of aliphatic hydroxyl groups excluding tert-OH is 1. The highest BCUT2D eigenvalue weighted by Gasteiger charge is 2.06. The Morgan fingerprint density at radius 3 is 3.00 bits per heavy atom. The zero-order chi connectivity index (χ0) is 10.2. The molecule has 1 N–H and O–H groups in total. The Morgan fingerprint density at radius 1 is 1.50 bits per heavy atom. The fourth-order valence-corrected chi connectivity index (χ4v) is 1.26. The molecule has 0 spiro atoms. The standard InChI is InChI=1S/C12H18O2/c1-2-3-4-5-6-8-11(13)12-9-7-10-14-12/h5-7,9-11,13H,2-4,8H2,1H3/b6-5-. The smallest absolute Gasteiger partial charge is 0.132 e. The van der Waals surface area contributed by atoms with E-state index in [-0.39, 0.29) is 0 Å². The molecule has 2 nitrogen and oxygen atoms in total. The maximum absolute atomic E-state index is 9.62. The van der Waals surface area contributed by atoms with Crippen molar-refractivity contribution >= 4 is 0 Å². The normalized spacial score (nSPS) is 13.6. The fourth-order valence-electron chi connectivity index (χ4n) is 1.26. The van der Waals surface area contributed by atoms with Gasteiger partial charge in [0.2, 0.25) is 0 Å². The fraction of sp³-hybridized carbons (Fsp3) is 0.500. The molecule has 0 amide bonds. The Morgan fingerprint density at radius 2 is 2.36 bits per heavy atom. The summed E-state index contributed by atoms with van der Waals surface area (Å²) < 4.78 is 5.09. The Kier molecular flexibility index (Phi) is 5.08. The highest BCUT2D eigenvalue weighted by atomic mass is 16.4. The summed E-state index contributed by atoms with van der Waals surface area (Å²) in [6.45, 7) is 2.17. The summed E-state index contributed by atoms with van der Waals surface area (Å²) in [5.74, 6) is 0.644. The third-order valence-corrected chi connectivity index (χ3v) is 2.12. The molecule has 1 aromatic heterocycles. The second kappa shape index (κ2) is 6.44. The average Bonchev–Trinajstić information content (AvgIpc) is 2.70. The average molecular weight is 194 g/mol. The van der Waals surface area contributed by atoms with Crippen molar-refractivity contribution in [2.75, 3.05) is 0 Å². The molecule has 1 heterocycles. The molecule has 0 saturated carbocycles. The molecule has 0 aromatic carbocycles. The van der Waals surface area contributed by atoms with Crippen molar-refractivity contribution in [3.05, 3.63) is 36.3 Å². The molecule has 1 aromatic rings. The lowest BCUT2D eigenvalue weighted by Crippen LogP contribution is -1.92. The first-order chi connectivity index (χ1) is 6.84. The van der Waals surface area contributed by atoms with Crippen LogP contribution in [0.2, 0.25) is 0 Å². The predicted octanol–water partition coefficient (Wildman–Crippen LogP) is 3.45. The second-order valence-corrected chi connectivity index (χ2v) is 3.38. The number of furan rings is 1. The van der Waals surface area contributed by atoms with Crippen molar-refractivity contribution in [1.29, 1.82) is 0 Å². The van der Waals surface area contributed by atoms with Crippen LogP contribution >= 0.6 is 0 Å². The van der Waals surface area contributed by atoms with Gasteiger partial charge in [-0.2, -0.15) is 0 Å². The highest BCUT2D eigenvalue weighted by molar-refractivity contribution is 5.03. The third kappa shape index (κ3) is 3.79. The lowest BCUT2D eigenvalue weighted by Gasteiger charge is -2.02. The molecular formula is C12H18O2. The minimum absolute atomic E-state index is 0.497. The summed E-state index contributed by atoms with van der Waals surface area (Å²) in [6, 6.07) is 3.59. The van der Waals surface area contributed by atoms with Gasteiger partial charge in [-0.3, -0.25) is 0 Å². The molecule has 78 valence electrons. The van der Waals surface area contributed by atoms with Gasteiger partial charge in [-0.05, 0) is 25.0 Å². The number of unbranched alkanes of at least 4 members (excludes halogenated alkanes) is 2. The van der Waals surface area contributed by atoms with E-state index in [9.17, 15) is 5.11 Å². The van der Waals surface area contributed by atoms with Gasteiger partial charge in [0.25, 0.3) is 0 Å². The topological polar surface area (TPSA) is 33.4 Å². The van der Waals surface area contributed by atoms with Crippen LogP contribution in [0.25, 0.3) is 0 Å². The van der Waals surface area contributed by atoms with Crippen LogP contribution in [-0.4, -0.2) is 5.11 Å². The third-order valence-electron chi connectivity index (χ3n) is 2.12. The predicted molar refractivity (Wildman–Crippen MR) is 56.9 cm³/mol. The van der Waals surface area contributed by atoms with Gasteiger partial charge >= 0.3 is 0 Å². The first-order valence-corrected chi connectivity index (χ1v) is 5.21. The number of hydrogen-bond acceptors (Lipinski definition) is 2. The van der Waals surface area contributed by atoms with E-state index in [1.807, 2.05) is 6.08 Å². The van der Waals surface area contributed by atoms with E-state index >= 15 is 0 Å². The molecule has 1 atom stereocenters. The molecule has 14 heavy (non-hydrogen) atoms. The first kappa shape index (κ1) is 11.1. The van der Waals surface area contributed by atoms with Crippen LogP contribution < -0.4 is 0 Å². The first-order valence-electron chi connectivity index (χ1n) is 5.21. The second-order valence-electron chi connectivity index (χ2n) is 3.38. The van der Waals surface area contributed by atoms with Gasteiger partial charge in [-0.25, -0.2) is 0 Å². The van der Waals surface area contributed by atoms with Crippen molar-refractivity contribution in [3.63, 3.8) is 0 Å². The van der Waals surface area contributed by atoms with Crippen LogP contribution in [0.5, 0.6) is 0 Å². The summed E-state index contributed by atoms with van der Waals surface area (Å²) in [5, 5.41) is 9.62. The SMILES string of the molecule is CCCC/C=C\CC(O)c1ccco1. The Bertz CT molecular complexity index is 249. The van der Waals surface area contributed by atoms with E-state index in [2.05, 4.69) is 13.0 Å². The molecule has 0 aliphatic rings. The van der Waals surface area contributed by atoms with Gasteiger partial charge < -0.3 is 9.52 Å². The van der Waals surface area contributed by atoms with Crippen molar-refractivity contribution < 1.29 is 9.52 Å². The highest BCUT2D eigenvalue weighted by Crippen LogP contribution is 2.17. The van der Waals surface area contributed by atoms with Crippen LogP contribution in [-0.2, 0) is 0 Å². The molecule has 1 rings (SSSR count). The number of aliphatic hydroxyl groups is 1. The van der Waals surface area contributed by atoms with Crippen molar-refractivity contribution in [1.82, 2.24) is 0 Å². The monoisotopic (exact) mass is 194 g/mol.